The number of Topliss-reactive ketones (excluding diaryl/α,β-unsaturated/α-hetero) is 1. The van der Waals surface area contributed by atoms with Crippen LogP contribution in [0.5, 0.6) is 11.5 Å². The number of carbonyl (C=O) groups excluding carboxylic acids is 1. The first-order chi connectivity index (χ1) is 13.1. The van der Waals surface area contributed by atoms with Gasteiger partial charge in [0.05, 0.1) is 12.2 Å². The molecule has 2 aromatic carbocycles. The third-order valence-corrected chi connectivity index (χ3v) is 5.31. The van der Waals surface area contributed by atoms with Gasteiger partial charge in [-0.3, -0.25) is 4.79 Å². The minimum Gasteiger partial charge on any atom is -0.507 e. The number of hydrogen-bond donors (Lipinski definition) is 1. The van der Waals surface area contributed by atoms with E-state index in [9.17, 15) is 9.90 Å². The van der Waals surface area contributed by atoms with Crippen molar-refractivity contribution >= 4 is 5.78 Å². The van der Waals surface area contributed by atoms with Crippen molar-refractivity contribution in [2.45, 2.75) is 32.6 Å². The fourth-order valence-corrected chi connectivity index (χ4v) is 3.74. The molecule has 0 saturated carbocycles. The molecule has 2 aromatic rings. The molecule has 0 bridgehead atoms. The van der Waals surface area contributed by atoms with Crippen molar-refractivity contribution < 1.29 is 14.6 Å². The average Bonchev–Trinajstić information content (AvgIpc) is 2.67. The Kier molecular flexibility index (Phi) is 6.88. The maximum Gasteiger partial charge on any atom is 0.163 e. The van der Waals surface area contributed by atoms with Gasteiger partial charge in [-0.25, -0.2) is 0 Å². The average molecular weight is 367 g/mol. The van der Waals surface area contributed by atoms with Gasteiger partial charge in [0.1, 0.15) is 11.5 Å². The molecule has 0 atom stereocenters. The first-order valence-corrected chi connectivity index (χ1v) is 9.85. The maximum absolute atomic E-state index is 11.3. The zero-order chi connectivity index (χ0) is 19.1. The number of phenols is 1. The van der Waals surface area contributed by atoms with Gasteiger partial charge >= 0.3 is 0 Å². The lowest BCUT2D eigenvalue weighted by Gasteiger charge is -2.32. The Morgan fingerprint density at radius 2 is 1.89 bits per heavy atom. The highest BCUT2D eigenvalue weighted by Crippen LogP contribution is 2.24. The zero-order valence-corrected chi connectivity index (χ0v) is 16.1. The Morgan fingerprint density at radius 3 is 2.56 bits per heavy atom. The summed E-state index contributed by atoms with van der Waals surface area (Å²) >= 11 is 0. The number of hydrogen-bond acceptors (Lipinski definition) is 4. The molecule has 0 unspecified atom stereocenters. The van der Waals surface area contributed by atoms with E-state index in [1.807, 2.05) is 0 Å². The normalized spacial score (nSPS) is 15.6. The number of nitrogens with zero attached hydrogens (tertiary/aromatic N) is 1. The summed E-state index contributed by atoms with van der Waals surface area (Å²) in [6.07, 6.45) is 4.67. The second kappa shape index (κ2) is 9.56. The van der Waals surface area contributed by atoms with Crippen LogP contribution in [0.1, 0.15) is 42.1 Å². The van der Waals surface area contributed by atoms with Crippen LogP contribution in [0.25, 0.3) is 0 Å². The molecule has 1 heterocycles. The molecule has 1 fully saturated rings. The monoisotopic (exact) mass is 367 g/mol. The number of ether oxygens (including phenoxy) is 1. The first kappa shape index (κ1) is 19.4. The van der Waals surface area contributed by atoms with E-state index >= 15 is 0 Å². The standard InChI is InChI=1S/C23H29NO3/c1-18(25)22-9-8-21(17-23(22)26)27-15-5-12-24-13-10-20(11-14-24)16-19-6-3-2-4-7-19/h2-4,6-9,17,20,26H,5,10-16H2,1H3. The van der Waals surface area contributed by atoms with Crippen LogP contribution in [-0.4, -0.2) is 42.0 Å². The molecule has 1 saturated heterocycles. The van der Waals surface area contributed by atoms with Gasteiger partial charge in [-0.2, -0.15) is 0 Å². The van der Waals surface area contributed by atoms with Crippen LogP contribution in [0.15, 0.2) is 48.5 Å². The Bertz CT molecular complexity index is 737. The summed E-state index contributed by atoms with van der Waals surface area (Å²) in [5.41, 5.74) is 1.78. The Morgan fingerprint density at radius 1 is 1.15 bits per heavy atom. The molecule has 4 heteroatoms. The van der Waals surface area contributed by atoms with E-state index in [0.29, 0.717) is 17.9 Å². The van der Waals surface area contributed by atoms with Gasteiger partial charge in [0.15, 0.2) is 5.78 Å². The molecule has 1 aliphatic heterocycles. The summed E-state index contributed by atoms with van der Waals surface area (Å²) in [6.45, 7) is 5.41. The van der Waals surface area contributed by atoms with Gasteiger partial charge in [0.2, 0.25) is 0 Å². The van der Waals surface area contributed by atoms with Crippen LogP contribution in [0.2, 0.25) is 0 Å². The quantitative estimate of drug-likeness (QED) is 0.558. The predicted molar refractivity (Wildman–Crippen MR) is 108 cm³/mol. The second-order valence-corrected chi connectivity index (χ2v) is 7.41. The molecule has 3 rings (SSSR count). The van der Waals surface area contributed by atoms with Crippen molar-refractivity contribution in [3.05, 3.63) is 59.7 Å². The van der Waals surface area contributed by atoms with Gasteiger partial charge in [-0.05, 0) is 69.3 Å². The number of piperidine rings is 1. The molecule has 0 amide bonds. The van der Waals surface area contributed by atoms with Crippen molar-refractivity contribution in [3.8, 4) is 11.5 Å². The molecule has 0 aliphatic carbocycles. The van der Waals surface area contributed by atoms with Crippen molar-refractivity contribution in [2.24, 2.45) is 5.92 Å². The third kappa shape index (κ3) is 5.83. The van der Waals surface area contributed by atoms with Crippen molar-refractivity contribution in [1.82, 2.24) is 4.90 Å². The van der Waals surface area contributed by atoms with Crippen LogP contribution in [0.3, 0.4) is 0 Å². The summed E-state index contributed by atoms with van der Waals surface area (Å²) in [7, 11) is 0. The van der Waals surface area contributed by atoms with E-state index < -0.39 is 0 Å². The molecule has 4 nitrogen and oxygen atoms in total. The van der Waals surface area contributed by atoms with E-state index in [4.69, 9.17) is 4.74 Å². The third-order valence-electron chi connectivity index (χ3n) is 5.31. The molecular formula is C23H29NO3. The number of carbonyl (C=O) groups is 1. The molecule has 0 aromatic heterocycles. The van der Waals surface area contributed by atoms with Gasteiger partial charge < -0.3 is 14.7 Å². The zero-order valence-electron chi connectivity index (χ0n) is 16.1. The largest absolute Gasteiger partial charge is 0.507 e. The molecule has 144 valence electrons. The predicted octanol–water partition coefficient (Wildman–Crippen LogP) is 4.32. The summed E-state index contributed by atoms with van der Waals surface area (Å²) in [5.74, 6) is 1.25. The maximum atomic E-state index is 11.3. The van der Waals surface area contributed by atoms with Gasteiger partial charge in [-0.1, -0.05) is 30.3 Å². The van der Waals surface area contributed by atoms with E-state index in [1.54, 1.807) is 12.1 Å². The summed E-state index contributed by atoms with van der Waals surface area (Å²) in [6, 6.07) is 15.7. The van der Waals surface area contributed by atoms with E-state index in [0.717, 1.165) is 32.0 Å². The topological polar surface area (TPSA) is 49.8 Å². The summed E-state index contributed by atoms with van der Waals surface area (Å²) < 4.78 is 5.71. The Hall–Kier alpha value is -2.33. The van der Waals surface area contributed by atoms with Crippen LogP contribution in [-0.2, 0) is 6.42 Å². The molecule has 1 N–H and O–H groups in total. The van der Waals surface area contributed by atoms with Gasteiger partial charge in [-0.15, -0.1) is 0 Å². The lowest BCUT2D eigenvalue weighted by molar-refractivity contribution is 0.101. The highest BCUT2D eigenvalue weighted by molar-refractivity contribution is 5.96. The molecule has 27 heavy (non-hydrogen) atoms. The van der Waals surface area contributed by atoms with E-state index in [-0.39, 0.29) is 11.5 Å². The number of benzene rings is 2. The molecule has 0 spiro atoms. The summed E-state index contributed by atoms with van der Waals surface area (Å²) in [5, 5.41) is 9.84. The van der Waals surface area contributed by atoms with E-state index in [1.165, 1.54) is 37.8 Å². The minimum absolute atomic E-state index is 0.0134. The Labute approximate surface area is 161 Å². The lowest BCUT2D eigenvalue weighted by Crippen LogP contribution is -2.35. The smallest absolute Gasteiger partial charge is 0.163 e. The fourth-order valence-electron chi connectivity index (χ4n) is 3.74. The lowest BCUT2D eigenvalue weighted by atomic mass is 9.90. The van der Waals surface area contributed by atoms with Crippen molar-refractivity contribution in [2.75, 3.05) is 26.2 Å². The van der Waals surface area contributed by atoms with Crippen LogP contribution >= 0.6 is 0 Å². The molecule has 0 radical (unpaired) electrons. The number of aromatic hydroxyl groups is 1. The van der Waals surface area contributed by atoms with Crippen LogP contribution in [0, 0.1) is 5.92 Å². The van der Waals surface area contributed by atoms with Crippen molar-refractivity contribution in [3.63, 3.8) is 0 Å². The van der Waals surface area contributed by atoms with Crippen LogP contribution in [0.4, 0.5) is 0 Å². The second-order valence-electron chi connectivity index (χ2n) is 7.41. The number of likely N-dealkylation sites (tertiary alicyclic amines) is 1. The number of rotatable bonds is 8. The molecule has 1 aliphatic rings. The first-order valence-electron chi connectivity index (χ1n) is 9.85. The van der Waals surface area contributed by atoms with Gasteiger partial charge in [0.25, 0.3) is 0 Å². The SMILES string of the molecule is CC(=O)c1ccc(OCCCN2CCC(Cc3ccccc3)CC2)cc1O. The fraction of sp³-hybridized carbons (Fsp3) is 0.435. The van der Waals surface area contributed by atoms with Crippen molar-refractivity contribution in [1.29, 1.82) is 0 Å². The van der Waals surface area contributed by atoms with Gasteiger partial charge in [0, 0.05) is 12.6 Å². The van der Waals surface area contributed by atoms with Crippen LogP contribution < -0.4 is 4.74 Å². The molecular weight excluding hydrogens is 338 g/mol. The number of phenolic OH excluding ortho intramolecular Hbond substituents is 1. The van der Waals surface area contributed by atoms with E-state index in [2.05, 4.69) is 35.2 Å². The highest BCUT2D eigenvalue weighted by atomic mass is 16.5. The highest BCUT2D eigenvalue weighted by Gasteiger charge is 2.19. The minimum atomic E-state index is -0.144. The summed E-state index contributed by atoms with van der Waals surface area (Å²) in [4.78, 5) is 13.8. The Balaban J connectivity index is 1.34. The number of ketones is 1.